The van der Waals surface area contributed by atoms with Gasteiger partial charge in [0.15, 0.2) is 0 Å². The second kappa shape index (κ2) is 7.16. The number of rotatable bonds is 8. The first-order chi connectivity index (χ1) is 7.01. The fraction of sp³-hybridized carbons (Fsp3) is 0.750. The Labute approximate surface area is 87.4 Å². The number of aliphatic hydroxyl groups excluding tert-OH is 2. The number of nitrogens with two attached hydrogens (primary N) is 2. The Balaban J connectivity index is 4.24. The number of aliphatic hydroxyl groups is 2. The SMILES string of the molecule is NC(=O)CC(NC(CO)CCO)C(N)=O. The molecule has 0 aromatic rings. The lowest BCUT2D eigenvalue weighted by Gasteiger charge is -2.20. The number of hydrogen-bond donors (Lipinski definition) is 5. The second-order valence-electron chi connectivity index (χ2n) is 3.18. The van der Waals surface area contributed by atoms with E-state index in [1.807, 2.05) is 0 Å². The lowest BCUT2D eigenvalue weighted by atomic mass is 10.1. The standard InChI is InChI=1S/C8H17N3O4/c9-7(14)3-6(8(10)15)11-5(4-13)1-2-12/h5-6,11-13H,1-4H2,(H2,9,14)(H2,10,15). The minimum Gasteiger partial charge on any atom is -0.396 e. The Hall–Kier alpha value is -1.18. The van der Waals surface area contributed by atoms with E-state index >= 15 is 0 Å². The molecule has 0 aromatic carbocycles. The zero-order valence-corrected chi connectivity index (χ0v) is 8.35. The number of carbonyl (C=O) groups is 2. The zero-order valence-electron chi connectivity index (χ0n) is 8.35. The maximum atomic E-state index is 10.9. The summed E-state index contributed by atoms with van der Waals surface area (Å²) in [5.41, 5.74) is 9.95. The second-order valence-corrected chi connectivity index (χ2v) is 3.18. The smallest absolute Gasteiger partial charge is 0.235 e. The van der Waals surface area contributed by atoms with Crippen molar-refractivity contribution < 1.29 is 19.8 Å². The third-order valence-corrected chi connectivity index (χ3v) is 1.88. The summed E-state index contributed by atoms with van der Waals surface area (Å²) in [5, 5.41) is 20.2. The van der Waals surface area contributed by atoms with Crippen molar-refractivity contribution in [3.05, 3.63) is 0 Å². The molecule has 7 heteroatoms. The van der Waals surface area contributed by atoms with Crippen LogP contribution in [0.4, 0.5) is 0 Å². The molecule has 0 spiro atoms. The molecule has 0 aliphatic heterocycles. The van der Waals surface area contributed by atoms with Crippen LogP contribution < -0.4 is 16.8 Å². The number of primary amides is 2. The Bertz CT molecular complexity index is 222. The summed E-state index contributed by atoms with van der Waals surface area (Å²) < 4.78 is 0. The van der Waals surface area contributed by atoms with Gasteiger partial charge in [-0.25, -0.2) is 0 Å². The van der Waals surface area contributed by atoms with E-state index in [1.54, 1.807) is 0 Å². The van der Waals surface area contributed by atoms with Gasteiger partial charge in [0, 0.05) is 12.6 Å². The Morgan fingerprint density at radius 1 is 1.27 bits per heavy atom. The van der Waals surface area contributed by atoms with Crippen molar-refractivity contribution >= 4 is 11.8 Å². The van der Waals surface area contributed by atoms with Crippen molar-refractivity contribution in [1.82, 2.24) is 5.32 Å². The van der Waals surface area contributed by atoms with Gasteiger partial charge in [-0.15, -0.1) is 0 Å². The molecule has 0 fully saturated rings. The van der Waals surface area contributed by atoms with E-state index in [2.05, 4.69) is 5.32 Å². The highest BCUT2D eigenvalue weighted by Gasteiger charge is 2.21. The molecule has 88 valence electrons. The summed E-state index contributed by atoms with van der Waals surface area (Å²) in [6.45, 7) is -0.399. The van der Waals surface area contributed by atoms with Gasteiger partial charge in [0.05, 0.1) is 19.1 Å². The molecule has 0 radical (unpaired) electrons. The molecule has 0 rings (SSSR count). The summed E-state index contributed by atoms with van der Waals surface area (Å²) in [6, 6.07) is -1.39. The molecule has 2 atom stereocenters. The van der Waals surface area contributed by atoms with Gasteiger partial charge in [0.1, 0.15) is 0 Å². The average Bonchev–Trinajstić information content (AvgIpc) is 2.14. The van der Waals surface area contributed by atoms with E-state index in [-0.39, 0.29) is 26.1 Å². The summed E-state index contributed by atoms with van der Waals surface area (Å²) in [7, 11) is 0. The Kier molecular flexibility index (Phi) is 6.59. The van der Waals surface area contributed by atoms with Crippen LogP contribution >= 0.6 is 0 Å². The van der Waals surface area contributed by atoms with Crippen molar-refractivity contribution in [2.24, 2.45) is 11.5 Å². The molecule has 2 unspecified atom stereocenters. The van der Waals surface area contributed by atoms with Gasteiger partial charge < -0.3 is 27.0 Å². The zero-order chi connectivity index (χ0) is 11.8. The van der Waals surface area contributed by atoms with Crippen LogP contribution in [0.5, 0.6) is 0 Å². The first-order valence-corrected chi connectivity index (χ1v) is 4.56. The highest BCUT2D eigenvalue weighted by molar-refractivity contribution is 5.86. The van der Waals surface area contributed by atoms with Crippen molar-refractivity contribution in [2.75, 3.05) is 13.2 Å². The van der Waals surface area contributed by atoms with Crippen LogP contribution in [0.2, 0.25) is 0 Å². The number of hydrogen-bond acceptors (Lipinski definition) is 5. The van der Waals surface area contributed by atoms with Gasteiger partial charge in [-0.05, 0) is 6.42 Å². The molecule has 7 N–H and O–H groups in total. The lowest BCUT2D eigenvalue weighted by molar-refractivity contribution is -0.125. The summed E-state index contributed by atoms with van der Waals surface area (Å²) in [6.07, 6.45) is 0.0380. The molecule has 0 saturated carbocycles. The van der Waals surface area contributed by atoms with E-state index in [0.717, 1.165) is 0 Å². The van der Waals surface area contributed by atoms with Gasteiger partial charge in [-0.1, -0.05) is 0 Å². The third kappa shape index (κ3) is 6.00. The van der Waals surface area contributed by atoms with Crippen LogP contribution in [-0.2, 0) is 9.59 Å². The van der Waals surface area contributed by atoms with E-state index in [1.165, 1.54) is 0 Å². The number of carbonyl (C=O) groups excluding carboxylic acids is 2. The van der Waals surface area contributed by atoms with Crippen LogP contribution in [0.15, 0.2) is 0 Å². The van der Waals surface area contributed by atoms with Gasteiger partial charge >= 0.3 is 0 Å². The summed E-state index contributed by atoms with van der Waals surface area (Å²) >= 11 is 0. The highest BCUT2D eigenvalue weighted by Crippen LogP contribution is 1.97. The first-order valence-electron chi connectivity index (χ1n) is 4.56. The minimum atomic E-state index is -0.911. The van der Waals surface area contributed by atoms with Crippen molar-refractivity contribution in [3.8, 4) is 0 Å². The van der Waals surface area contributed by atoms with Gasteiger partial charge in [-0.3, -0.25) is 9.59 Å². The molecular weight excluding hydrogens is 202 g/mol. The Morgan fingerprint density at radius 3 is 2.20 bits per heavy atom. The van der Waals surface area contributed by atoms with E-state index in [4.69, 9.17) is 21.7 Å². The summed E-state index contributed by atoms with van der Waals surface area (Å²) in [5.74, 6) is -1.38. The van der Waals surface area contributed by atoms with Crippen molar-refractivity contribution in [2.45, 2.75) is 24.9 Å². The Morgan fingerprint density at radius 2 is 1.87 bits per heavy atom. The normalized spacial score (nSPS) is 14.5. The third-order valence-electron chi connectivity index (χ3n) is 1.88. The van der Waals surface area contributed by atoms with E-state index in [9.17, 15) is 9.59 Å². The molecule has 0 aliphatic carbocycles. The monoisotopic (exact) mass is 219 g/mol. The highest BCUT2D eigenvalue weighted by atomic mass is 16.3. The van der Waals surface area contributed by atoms with E-state index < -0.39 is 23.9 Å². The van der Waals surface area contributed by atoms with Crippen LogP contribution in [0.1, 0.15) is 12.8 Å². The van der Waals surface area contributed by atoms with Crippen LogP contribution in [0.25, 0.3) is 0 Å². The average molecular weight is 219 g/mol. The van der Waals surface area contributed by atoms with Crippen molar-refractivity contribution in [1.29, 1.82) is 0 Å². The number of amides is 2. The molecule has 0 bridgehead atoms. The fourth-order valence-electron chi connectivity index (χ4n) is 1.11. The number of nitrogens with one attached hydrogen (secondary N) is 1. The van der Waals surface area contributed by atoms with Crippen LogP contribution in [0, 0.1) is 0 Å². The molecule has 2 amide bonds. The minimum absolute atomic E-state index is 0.139. The summed E-state index contributed by atoms with van der Waals surface area (Å²) in [4.78, 5) is 21.5. The molecule has 0 aliphatic rings. The fourth-order valence-corrected chi connectivity index (χ4v) is 1.11. The lowest BCUT2D eigenvalue weighted by Crippen LogP contribution is -2.49. The van der Waals surface area contributed by atoms with Crippen molar-refractivity contribution in [3.63, 3.8) is 0 Å². The van der Waals surface area contributed by atoms with Gasteiger partial charge in [-0.2, -0.15) is 0 Å². The van der Waals surface area contributed by atoms with Gasteiger partial charge in [0.2, 0.25) is 11.8 Å². The molecule has 0 saturated heterocycles. The largest absolute Gasteiger partial charge is 0.396 e. The molecular formula is C8H17N3O4. The van der Waals surface area contributed by atoms with Crippen LogP contribution in [-0.4, -0.2) is 47.3 Å². The predicted octanol–water partition coefficient (Wildman–Crippen LogP) is -2.95. The predicted molar refractivity (Wildman–Crippen MR) is 52.5 cm³/mol. The molecule has 7 nitrogen and oxygen atoms in total. The topological polar surface area (TPSA) is 139 Å². The maximum Gasteiger partial charge on any atom is 0.235 e. The van der Waals surface area contributed by atoms with Gasteiger partial charge in [0.25, 0.3) is 0 Å². The van der Waals surface area contributed by atoms with E-state index in [0.29, 0.717) is 0 Å². The maximum absolute atomic E-state index is 10.9. The molecule has 0 heterocycles. The molecule has 15 heavy (non-hydrogen) atoms. The molecule has 0 aromatic heterocycles. The first kappa shape index (κ1) is 13.8. The quantitative estimate of drug-likeness (QED) is 0.297. The van der Waals surface area contributed by atoms with Crippen LogP contribution in [0.3, 0.4) is 0 Å².